The summed E-state index contributed by atoms with van der Waals surface area (Å²) in [4.78, 5) is 32.0. The Hall–Kier alpha value is -3.48. The van der Waals surface area contributed by atoms with E-state index < -0.39 is 18.0 Å². The van der Waals surface area contributed by atoms with Crippen molar-refractivity contribution in [2.75, 3.05) is 11.1 Å². The lowest BCUT2D eigenvalue weighted by Gasteiger charge is -2.14. The quantitative estimate of drug-likeness (QED) is 0.708. The van der Waals surface area contributed by atoms with Crippen molar-refractivity contribution in [3.8, 4) is 0 Å². The molecule has 0 aliphatic rings. The molecule has 25 heavy (non-hydrogen) atoms. The van der Waals surface area contributed by atoms with Gasteiger partial charge >= 0.3 is 5.97 Å². The molecule has 3 rings (SSSR count). The number of fused-ring (bicyclic) bond motifs is 1. The average molecular weight is 336 g/mol. The van der Waals surface area contributed by atoms with E-state index in [1.165, 1.54) is 19.3 Å². The SMILES string of the molecule is C[C@@H](OC(=O)c1nccnc1N)C(=O)Nc1cccc2ccccc12. The zero-order valence-corrected chi connectivity index (χ0v) is 13.5. The molecule has 1 amide bonds. The fourth-order valence-corrected chi connectivity index (χ4v) is 2.34. The number of carbonyl (C=O) groups is 2. The van der Waals surface area contributed by atoms with E-state index in [1.54, 1.807) is 6.07 Å². The van der Waals surface area contributed by atoms with E-state index in [1.807, 2.05) is 36.4 Å². The number of carbonyl (C=O) groups excluding carboxylic acids is 2. The van der Waals surface area contributed by atoms with Gasteiger partial charge in [0.25, 0.3) is 5.91 Å². The zero-order chi connectivity index (χ0) is 17.8. The second kappa shape index (κ2) is 6.96. The molecule has 0 fully saturated rings. The Balaban J connectivity index is 1.72. The van der Waals surface area contributed by atoms with E-state index in [2.05, 4.69) is 15.3 Å². The lowest BCUT2D eigenvalue weighted by Crippen LogP contribution is -2.30. The van der Waals surface area contributed by atoms with Crippen LogP contribution in [0.5, 0.6) is 0 Å². The standard InChI is InChI=1S/C18H16N4O3/c1-11(25-18(24)15-16(19)21-10-9-20-15)17(23)22-14-8-4-6-12-5-2-3-7-13(12)14/h2-11H,1H3,(H2,19,21)(H,22,23)/t11-/m1/s1. The summed E-state index contributed by atoms with van der Waals surface area (Å²) in [7, 11) is 0. The molecule has 0 unspecified atom stereocenters. The van der Waals surface area contributed by atoms with E-state index in [4.69, 9.17) is 10.5 Å². The Bertz CT molecular complexity index is 937. The van der Waals surface area contributed by atoms with E-state index in [9.17, 15) is 9.59 Å². The Morgan fingerprint density at radius 3 is 2.60 bits per heavy atom. The number of benzene rings is 2. The molecule has 0 saturated heterocycles. The first-order valence-corrected chi connectivity index (χ1v) is 7.62. The van der Waals surface area contributed by atoms with E-state index in [0.29, 0.717) is 5.69 Å². The van der Waals surface area contributed by atoms with Crippen molar-refractivity contribution in [3.63, 3.8) is 0 Å². The lowest BCUT2D eigenvalue weighted by molar-refractivity contribution is -0.123. The summed E-state index contributed by atoms with van der Waals surface area (Å²) in [6, 6.07) is 13.2. The molecule has 0 spiro atoms. The van der Waals surface area contributed by atoms with Crippen molar-refractivity contribution in [1.29, 1.82) is 0 Å². The van der Waals surface area contributed by atoms with E-state index >= 15 is 0 Å². The van der Waals surface area contributed by atoms with Crippen molar-refractivity contribution in [3.05, 3.63) is 60.6 Å². The molecule has 0 aliphatic heterocycles. The maximum atomic E-state index is 12.4. The molecule has 126 valence electrons. The molecule has 2 aromatic carbocycles. The van der Waals surface area contributed by atoms with Crippen LogP contribution in [0.4, 0.5) is 11.5 Å². The van der Waals surface area contributed by atoms with Gasteiger partial charge in [0.05, 0.1) is 0 Å². The fraction of sp³-hybridized carbons (Fsp3) is 0.111. The minimum Gasteiger partial charge on any atom is -0.448 e. The minimum atomic E-state index is -1.02. The number of nitrogen functional groups attached to an aromatic ring is 1. The number of nitrogens with two attached hydrogens (primary N) is 1. The zero-order valence-electron chi connectivity index (χ0n) is 13.5. The van der Waals surface area contributed by atoms with Crippen LogP contribution in [0.15, 0.2) is 54.9 Å². The Morgan fingerprint density at radius 2 is 1.80 bits per heavy atom. The van der Waals surface area contributed by atoms with Gasteiger partial charge in [0.1, 0.15) is 0 Å². The molecule has 3 aromatic rings. The molecule has 1 atom stereocenters. The number of amides is 1. The molecular formula is C18H16N4O3. The first kappa shape index (κ1) is 16.4. The van der Waals surface area contributed by atoms with Gasteiger partial charge in [-0.15, -0.1) is 0 Å². The van der Waals surface area contributed by atoms with Gasteiger partial charge in [-0.1, -0.05) is 36.4 Å². The second-order valence-electron chi connectivity index (χ2n) is 5.35. The van der Waals surface area contributed by atoms with Crippen LogP contribution in [-0.2, 0) is 9.53 Å². The number of hydrogen-bond donors (Lipinski definition) is 2. The van der Waals surface area contributed by atoms with Gasteiger partial charge in [-0.05, 0) is 18.4 Å². The average Bonchev–Trinajstić information content (AvgIpc) is 2.62. The third-order valence-electron chi connectivity index (χ3n) is 3.62. The van der Waals surface area contributed by atoms with Gasteiger partial charge in [0.15, 0.2) is 17.6 Å². The van der Waals surface area contributed by atoms with E-state index in [-0.39, 0.29) is 11.5 Å². The smallest absolute Gasteiger partial charge is 0.361 e. The molecule has 1 aromatic heterocycles. The lowest BCUT2D eigenvalue weighted by atomic mass is 10.1. The predicted molar refractivity (Wildman–Crippen MR) is 93.9 cm³/mol. The van der Waals surface area contributed by atoms with Crippen molar-refractivity contribution < 1.29 is 14.3 Å². The molecule has 0 aliphatic carbocycles. The topological polar surface area (TPSA) is 107 Å². The fourth-order valence-electron chi connectivity index (χ4n) is 2.34. The summed E-state index contributed by atoms with van der Waals surface area (Å²) >= 11 is 0. The van der Waals surface area contributed by atoms with Crippen LogP contribution < -0.4 is 11.1 Å². The van der Waals surface area contributed by atoms with Crippen LogP contribution in [0.25, 0.3) is 10.8 Å². The Labute approximate surface area is 143 Å². The number of rotatable bonds is 4. The highest BCUT2D eigenvalue weighted by atomic mass is 16.5. The number of aromatic nitrogens is 2. The third kappa shape index (κ3) is 3.55. The van der Waals surface area contributed by atoms with Crippen molar-refractivity contribution in [2.45, 2.75) is 13.0 Å². The number of esters is 1. The van der Waals surface area contributed by atoms with Crippen molar-refractivity contribution in [1.82, 2.24) is 9.97 Å². The van der Waals surface area contributed by atoms with Crippen LogP contribution >= 0.6 is 0 Å². The van der Waals surface area contributed by atoms with Crippen molar-refractivity contribution in [2.24, 2.45) is 0 Å². The molecule has 0 radical (unpaired) electrons. The van der Waals surface area contributed by atoms with E-state index in [0.717, 1.165) is 10.8 Å². The number of nitrogens with one attached hydrogen (secondary N) is 1. The van der Waals surface area contributed by atoms with Gasteiger partial charge < -0.3 is 15.8 Å². The number of hydrogen-bond acceptors (Lipinski definition) is 6. The van der Waals surface area contributed by atoms with Gasteiger partial charge in [-0.3, -0.25) is 4.79 Å². The number of anilines is 2. The number of nitrogens with zero attached hydrogens (tertiary/aromatic N) is 2. The van der Waals surface area contributed by atoms with Crippen molar-refractivity contribution >= 4 is 34.2 Å². The first-order chi connectivity index (χ1) is 12.1. The normalized spacial score (nSPS) is 11.7. The van der Waals surface area contributed by atoms with Crippen LogP contribution in [0.3, 0.4) is 0 Å². The minimum absolute atomic E-state index is 0.0471. The second-order valence-corrected chi connectivity index (χ2v) is 5.35. The summed E-state index contributed by atoms with van der Waals surface area (Å²) in [6.45, 7) is 1.48. The maximum absolute atomic E-state index is 12.4. The Morgan fingerprint density at radius 1 is 1.08 bits per heavy atom. The maximum Gasteiger partial charge on any atom is 0.361 e. The molecule has 0 saturated carbocycles. The van der Waals surface area contributed by atoms with Crippen LogP contribution in [0.1, 0.15) is 17.4 Å². The molecular weight excluding hydrogens is 320 g/mol. The highest BCUT2D eigenvalue weighted by Crippen LogP contribution is 2.23. The van der Waals surface area contributed by atoms with Crippen LogP contribution in [0, 0.1) is 0 Å². The summed E-state index contributed by atoms with van der Waals surface area (Å²) in [5.74, 6) is -1.30. The molecule has 3 N–H and O–H groups in total. The van der Waals surface area contributed by atoms with Gasteiger partial charge in [-0.2, -0.15) is 0 Å². The van der Waals surface area contributed by atoms with Gasteiger partial charge in [0.2, 0.25) is 0 Å². The predicted octanol–water partition coefficient (Wildman–Crippen LogP) is 2.40. The highest BCUT2D eigenvalue weighted by molar-refractivity contribution is 6.04. The van der Waals surface area contributed by atoms with Gasteiger partial charge in [0, 0.05) is 23.5 Å². The first-order valence-electron chi connectivity index (χ1n) is 7.62. The van der Waals surface area contributed by atoms with Crippen LogP contribution in [-0.4, -0.2) is 27.9 Å². The number of ether oxygens (including phenoxy) is 1. The van der Waals surface area contributed by atoms with Gasteiger partial charge in [-0.25, -0.2) is 14.8 Å². The molecule has 1 heterocycles. The largest absolute Gasteiger partial charge is 0.448 e. The Kier molecular flexibility index (Phi) is 4.56. The molecule has 7 heteroatoms. The summed E-state index contributed by atoms with van der Waals surface area (Å²) < 4.78 is 5.13. The molecule has 7 nitrogen and oxygen atoms in total. The van der Waals surface area contributed by atoms with Crippen LogP contribution in [0.2, 0.25) is 0 Å². The molecule has 0 bridgehead atoms. The third-order valence-corrected chi connectivity index (χ3v) is 3.62. The summed E-state index contributed by atoms with van der Waals surface area (Å²) in [5.41, 5.74) is 6.11. The monoisotopic (exact) mass is 336 g/mol. The summed E-state index contributed by atoms with van der Waals surface area (Å²) in [6.07, 6.45) is 1.67. The highest BCUT2D eigenvalue weighted by Gasteiger charge is 2.22. The summed E-state index contributed by atoms with van der Waals surface area (Å²) in [5, 5.41) is 4.67.